The van der Waals surface area contributed by atoms with Crippen molar-refractivity contribution in [2.75, 3.05) is 30.1 Å². The minimum Gasteiger partial charge on any atom is -0.497 e. The minimum absolute atomic E-state index is 0.0329. The van der Waals surface area contributed by atoms with Crippen LogP contribution in [0.4, 0.5) is 5.69 Å². The van der Waals surface area contributed by atoms with Gasteiger partial charge in [-0.3, -0.25) is 4.79 Å². The molecule has 0 aliphatic carbocycles. The van der Waals surface area contributed by atoms with Crippen molar-refractivity contribution >= 4 is 50.0 Å². The first kappa shape index (κ1) is 21.0. The Morgan fingerprint density at radius 3 is 2.47 bits per heavy atom. The molecule has 2 aliphatic heterocycles. The number of carbonyl (C=O) groups excluding carboxylic acids is 1. The maximum atomic E-state index is 12.4. The van der Waals surface area contributed by atoms with Crippen LogP contribution in [0.15, 0.2) is 53.5 Å². The van der Waals surface area contributed by atoms with Gasteiger partial charge in [-0.25, -0.2) is 8.42 Å². The fraction of sp³-hybridized carbons (Fsp3) is 0.300. The lowest BCUT2D eigenvalue weighted by Crippen LogP contribution is -2.37. The molecule has 2 aliphatic rings. The number of methoxy groups -OCH3 is 1. The molecule has 1 amide bonds. The third-order valence-electron chi connectivity index (χ3n) is 4.81. The van der Waals surface area contributed by atoms with Gasteiger partial charge in [0.1, 0.15) is 11.5 Å². The van der Waals surface area contributed by atoms with Crippen molar-refractivity contribution in [1.82, 2.24) is 0 Å². The standard InChI is InChI=1S/C20H19ClN2O5S2/c1-27-15-8-4-14(5-9-15)23-17-11-30(25,26)12-18(17)29-20(23)22-19(24)10-28-16-6-2-13(21)3-7-16/h2-9,17-18H,10-12H2,1H3/t17-,18-/m0/s1. The molecule has 0 radical (unpaired) electrons. The van der Waals surface area contributed by atoms with Crippen LogP contribution < -0.4 is 14.4 Å². The zero-order valence-electron chi connectivity index (χ0n) is 16.0. The number of hydrogen-bond acceptors (Lipinski definition) is 6. The Morgan fingerprint density at radius 1 is 1.13 bits per heavy atom. The number of ether oxygens (including phenoxy) is 2. The number of anilines is 1. The normalized spacial score (nSPS) is 23.4. The Morgan fingerprint density at radius 2 is 1.80 bits per heavy atom. The van der Waals surface area contributed by atoms with Crippen LogP contribution in [-0.2, 0) is 14.6 Å². The van der Waals surface area contributed by atoms with Crippen molar-refractivity contribution in [2.45, 2.75) is 11.3 Å². The number of carbonyl (C=O) groups is 1. The van der Waals surface area contributed by atoms with E-state index in [1.165, 1.54) is 11.8 Å². The maximum absolute atomic E-state index is 12.4. The summed E-state index contributed by atoms with van der Waals surface area (Å²) in [6.07, 6.45) is 0. The molecule has 158 valence electrons. The zero-order chi connectivity index (χ0) is 21.3. The van der Waals surface area contributed by atoms with E-state index in [0.717, 1.165) is 5.69 Å². The number of rotatable bonds is 5. The van der Waals surface area contributed by atoms with Gasteiger partial charge in [-0.1, -0.05) is 23.4 Å². The summed E-state index contributed by atoms with van der Waals surface area (Å²) in [6.45, 7) is -0.226. The number of fused-ring (bicyclic) bond motifs is 1. The van der Waals surface area contributed by atoms with Crippen LogP contribution in [0.3, 0.4) is 0 Å². The van der Waals surface area contributed by atoms with Crippen LogP contribution in [0.5, 0.6) is 11.5 Å². The van der Waals surface area contributed by atoms with E-state index < -0.39 is 15.7 Å². The predicted octanol–water partition coefficient (Wildman–Crippen LogP) is 3.03. The van der Waals surface area contributed by atoms with Gasteiger partial charge in [0.05, 0.1) is 24.7 Å². The Hall–Kier alpha value is -2.23. The van der Waals surface area contributed by atoms with E-state index in [2.05, 4.69) is 4.99 Å². The summed E-state index contributed by atoms with van der Waals surface area (Å²) in [5.41, 5.74) is 0.762. The molecule has 10 heteroatoms. The highest BCUT2D eigenvalue weighted by Gasteiger charge is 2.49. The van der Waals surface area contributed by atoms with Gasteiger partial charge in [0, 0.05) is 16.0 Å². The van der Waals surface area contributed by atoms with Gasteiger partial charge in [-0.15, -0.1) is 0 Å². The van der Waals surface area contributed by atoms with Crippen LogP contribution >= 0.6 is 23.4 Å². The predicted molar refractivity (Wildman–Crippen MR) is 119 cm³/mol. The number of nitrogens with zero attached hydrogens (tertiary/aromatic N) is 2. The van der Waals surface area contributed by atoms with Crippen molar-refractivity contribution in [2.24, 2.45) is 4.99 Å². The molecule has 2 saturated heterocycles. The molecule has 0 aromatic heterocycles. The van der Waals surface area contributed by atoms with Gasteiger partial charge in [-0.2, -0.15) is 4.99 Å². The first-order chi connectivity index (χ1) is 14.3. The average Bonchev–Trinajstić information content (AvgIpc) is 3.18. The molecule has 7 nitrogen and oxygen atoms in total. The van der Waals surface area contributed by atoms with Gasteiger partial charge >= 0.3 is 0 Å². The average molecular weight is 467 g/mol. The largest absolute Gasteiger partial charge is 0.497 e. The summed E-state index contributed by atoms with van der Waals surface area (Å²) < 4.78 is 34.9. The lowest BCUT2D eigenvalue weighted by atomic mass is 10.2. The fourth-order valence-electron chi connectivity index (χ4n) is 3.42. The molecule has 4 rings (SSSR count). The number of benzene rings is 2. The second-order valence-electron chi connectivity index (χ2n) is 6.90. The number of sulfone groups is 1. The van der Waals surface area contributed by atoms with E-state index in [9.17, 15) is 13.2 Å². The second-order valence-corrected chi connectivity index (χ2v) is 10.7. The summed E-state index contributed by atoms with van der Waals surface area (Å²) >= 11 is 7.16. The quantitative estimate of drug-likeness (QED) is 0.669. The first-order valence-electron chi connectivity index (χ1n) is 9.15. The number of amidine groups is 1. The van der Waals surface area contributed by atoms with Gasteiger partial charge in [0.25, 0.3) is 5.91 Å². The third kappa shape index (κ3) is 4.58. The molecular formula is C20H19ClN2O5S2. The Labute approximate surface area is 183 Å². The van der Waals surface area contributed by atoms with Crippen molar-refractivity contribution in [3.05, 3.63) is 53.6 Å². The van der Waals surface area contributed by atoms with Gasteiger partial charge < -0.3 is 14.4 Å². The van der Waals surface area contributed by atoms with E-state index in [4.69, 9.17) is 21.1 Å². The topological polar surface area (TPSA) is 85.3 Å². The van der Waals surface area contributed by atoms with Crippen LogP contribution in [-0.4, -0.2) is 56.0 Å². The summed E-state index contributed by atoms with van der Waals surface area (Å²) in [6, 6.07) is 13.7. The molecule has 0 unspecified atom stereocenters. The molecule has 2 fully saturated rings. The third-order valence-corrected chi connectivity index (χ3v) is 8.28. The SMILES string of the molecule is COc1ccc(N2C(=NC(=O)COc3ccc(Cl)cc3)S[C@H]3CS(=O)(=O)C[C@@H]32)cc1. The van der Waals surface area contributed by atoms with E-state index in [1.54, 1.807) is 43.5 Å². The lowest BCUT2D eigenvalue weighted by Gasteiger charge is -2.24. The molecule has 0 saturated carbocycles. The van der Waals surface area contributed by atoms with Crippen LogP contribution in [0.2, 0.25) is 5.02 Å². The molecule has 2 atom stereocenters. The maximum Gasteiger partial charge on any atom is 0.285 e. The fourth-order valence-corrected chi connectivity index (χ4v) is 7.48. The molecular weight excluding hydrogens is 448 g/mol. The highest BCUT2D eigenvalue weighted by Crippen LogP contribution is 2.41. The van der Waals surface area contributed by atoms with Gasteiger partial charge in [0.15, 0.2) is 21.6 Å². The monoisotopic (exact) mass is 466 g/mol. The number of thioether (sulfide) groups is 1. The minimum atomic E-state index is -3.12. The van der Waals surface area contributed by atoms with Crippen molar-refractivity contribution in [3.8, 4) is 11.5 Å². The second kappa shape index (κ2) is 8.49. The molecule has 0 N–H and O–H groups in total. The first-order valence-corrected chi connectivity index (χ1v) is 12.2. The van der Waals surface area contributed by atoms with Crippen LogP contribution in [0.1, 0.15) is 0 Å². The molecule has 2 heterocycles. The highest BCUT2D eigenvalue weighted by atomic mass is 35.5. The van der Waals surface area contributed by atoms with Crippen molar-refractivity contribution in [1.29, 1.82) is 0 Å². The number of aliphatic imine (C=N–C) groups is 1. The molecule has 0 bridgehead atoms. The molecule has 30 heavy (non-hydrogen) atoms. The number of amides is 1. The summed E-state index contributed by atoms with van der Waals surface area (Å²) in [5.74, 6) is 0.859. The van der Waals surface area contributed by atoms with E-state index in [1.807, 2.05) is 17.0 Å². The van der Waals surface area contributed by atoms with Gasteiger partial charge in [-0.05, 0) is 48.5 Å². The van der Waals surface area contributed by atoms with Crippen molar-refractivity contribution in [3.63, 3.8) is 0 Å². The lowest BCUT2D eigenvalue weighted by molar-refractivity contribution is -0.119. The van der Waals surface area contributed by atoms with E-state index in [0.29, 0.717) is 21.7 Å². The highest BCUT2D eigenvalue weighted by molar-refractivity contribution is 8.16. The summed E-state index contributed by atoms with van der Waals surface area (Å²) in [4.78, 5) is 18.5. The summed E-state index contributed by atoms with van der Waals surface area (Å²) in [5, 5.41) is 0.892. The van der Waals surface area contributed by atoms with E-state index in [-0.39, 0.29) is 29.4 Å². The Balaban J connectivity index is 1.55. The van der Waals surface area contributed by atoms with E-state index >= 15 is 0 Å². The Bertz CT molecular complexity index is 1070. The zero-order valence-corrected chi connectivity index (χ0v) is 18.4. The molecule has 0 spiro atoms. The van der Waals surface area contributed by atoms with Crippen molar-refractivity contribution < 1.29 is 22.7 Å². The van der Waals surface area contributed by atoms with Gasteiger partial charge in [0.2, 0.25) is 0 Å². The van der Waals surface area contributed by atoms with Crippen LogP contribution in [0.25, 0.3) is 0 Å². The smallest absolute Gasteiger partial charge is 0.285 e. The molecule has 2 aromatic rings. The van der Waals surface area contributed by atoms with Crippen LogP contribution in [0, 0.1) is 0 Å². The number of halogens is 1. The number of hydrogen-bond donors (Lipinski definition) is 0. The molecule has 2 aromatic carbocycles. The summed E-state index contributed by atoms with van der Waals surface area (Å²) in [7, 11) is -1.55. The Kier molecular flexibility index (Phi) is 5.95.